The van der Waals surface area contributed by atoms with Crippen molar-refractivity contribution >= 4 is 17.4 Å². The quantitative estimate of drug-likeness (QED) is 0.690. The number of benzene rings is 1. The van der Waals surface area contributed by atoms with Crippen LogP contribution in [0.1, 0.15) is 43.0 Å². The minimum Gasteiger partial charge on any atom is -0.481 e. The third-order valence-electron chi connectivity index (χ3n) is 4.87. The molecule has 0 saturated heterocycles. The van der Waals surface area contributed by atoms with Crippen LogP contribution >= 0.6 is 0 Å². The second kappa shape index (κ2) is 9.16. The van der Waals surface area contributed by atoms with Crippen molar-refractivity contribution in [1.82, 2.24) is 20.3 Å². The van der Waals surface area contributed by atoms with Gasteiger partial charge in [0, 0.05) is 24.2 Å². The summed E-state index contributed by atoms with van der Waals surface area (Å²) in [6, 6.07) is 12.2. The van der Waals surface area contributed by atoms with Gasteiger partial charge in [-0.1, -0.05) is 18.6 Å². The van der Waals surface area contributed by atoms with Gasteiger partial charge in [0.25, 0.3) is 0 Å². The molecule has 1 saturated carbocycles. The summed E-state index contributed by atoms with van der Waals surface area (Å²) in [6.07, 6.45) is 6.90. The van der Waals surface area contributed by atoms with Crippen LogP contribution < -0.4 is 10.1 Å². The van der Waals surface area contributed by atoms with E-state index in [9.17, 15) is 4.79 Å². The molecule has 6 nitrogen and oxygen atoms in total. The molecule has 6 heteroatoms. The Morgan fingerprint density at radius 2 is 2.11 bits per heavy atom. The summed E-state index contributed by atoms with van der Waals surface area (Å²) in [4.78, 5) is 22.5. The zero-order valence-electron chi connectivity index (χ0n) is 15.8. The van der Waals surface area contributed by atoms with Crippen LogP contribution in [0.25, 0.3) is 11.0 Å². The van der Waals surface area contributed by atoms with Gasteiger partial charge in [-0.3, -0.25) is 4.79 Å². The smallest absolute Gasteiger partial charge is 0.213 e. The summed E-state index contributed by atoms with van der Waals surface area (Å²) in [5.74, 6) is 2.17. The van der Waals surface area contributed by atoms with Gasteiger partial charge in [-0.25, -0.2) is 9.97 Å². The number of aryl methyl sites for hydroxylation is 1. The van der Waals surface area contributed by atoms with Crippen LogP contribution in [0.15, 0.2) is 42.6 Å². The number of aromatic amines is 1. The first kappa shape index (κ1) is 18.9. The maximum absolute atomic E-state index is 10.5. The van der Waals surface area contributed by atoms with E-state index in [0.29, 0.717) is 17.8 Å². The highest BCUT2D eigenvalue weighted by Gasteiger charge is 2.24. The molecule has 0 spiro atoms. The number of para-hydroxylation sites is 2. The molecule has 27 heavy (non-hydrogen) atoms. The van der Waals surface area contributed by atoms with Crippen molar-refractivity contribution in [2.24, 2.45) is 0 Å². The van der Waals surface area contributed by atoms with Crippen LogP contribution in [-0.4, -0.2) is 34.5 Å². The number of amides is 1. The van der Waals surface area contributed by atoms with E-state index in [0.717, 1.165) is 49.0 Å². The Bertz CT molecular complexity index is 844. The topological polar surface area (TPSA) is 79.9 Å². The first-order valence-corrected chi connectivity index (χ1v) is 9.30. The van der Waals surface area contributed by atoms with Crippen LogP contribution in [0.3, 0.4) is 0 Å². The molecule has 0 aliphatic heterocycles. The molecular formula is C21H26N4O2. The lowest BCUT2D eigenvalue weighted by atomic mass is 9.85. The van der Waals surface area contributed by atoms with Crippen molar-refractivity contribution in [3.63, 3.8) is 0 Å². The summed E-state index contributed by atoms with van der Waals surface area (Å²) >= 11 is 0. The molecule has 0 bridgehead atoms. The van der Waals surface area contributed by atoms with Crippen LogP contribution in [0, 0.1) is 6.92 Å². The molecule has 1 aliphatic carbocycles. The van der Waals surface area contributed by atoms with E-state index >= 15 is 0 Å². The van der Waals surface area contributed by atoms with E-state index in [1.54, 1.807) is 13.3 Å². The Labute approximate surface area is 159 Å². The van der Waals surface area contributed by atoms with Crippen LogP contribution in [0.2, 0.25) is 0 Å². The number of carbonyl (C=O) groups excluding carboxylic acids is 1. The number of pyridine rings is 1. The molecule has 0 radical (unpaired) electrons. The number of carbonyl (C=O) groups is 1. The van der Waals surface area contributed by atoms with Gasteiger partial charge < -0.3 is 15.0 Å². The van der Waals surface area contributed by atoms with Gasteiger partial charge in [0.15, 0.2) is 0 Å². The van der Waals surface area contributed by atoms with Crippen LogP contribution in [0.4, 0.5) is 0 Å². The van der Waals surface area contributed by atoms with E-state index in [2.05, 4.69) is 26.3 Å². The molecule has 2 unspecified atom stereocenters. The minimum atomic E-state index is 0.300. The van der Waals surface area contributed by atoms with Gasteiger partial charge >= 0.3 is 0 Å². The number of nitrogens with zero attached hydrogens (tertiary/aromatic N) is 2. The number of rotatable bonds is 4. The predicted octanol–water partition coefficient (Wildman–Crippen LogP) is 3.73. The van der Waals surface area contributed by atoms with Gasteiger partial charge in [0.05, 0.1) is 18.1 Å². The Kier molecular flexibility index (Phi) is 6.41. The van der Waals surface area contributed by atoms with Crippen molar-refractivity contribution < 1.29 is 9.53 Å². The van der Waals surface area contributed by atoms with Gasteiger partial charge in [-0.15, -0.1) is 0 Å². The molecule has 142 valence electrons. The maximum Gasteiger partial charge on any atom is 0.213 e. The van der Waals surface area contributed by atoms with Crippen LogP contribution in [-0.2, 0) is 4.79 Å². The summed E-state index contributed by atoms with van der Waals surface area (Å²) in [5.41, 5.74) is 3.29. The average molecular weight is 366 g/mol. The number of hydrogen-bond donors (Lipinski definition) is 2. The molecule has 1 aromatic carbocycles. The molecule has 1 fully saturated rings. The Balaban J connectivity index is 0.000000197. The number of imidazole rings is 1. The van der Waals surface area contributed by atoms with Crippen molar-refractivity contribution in [3.8, 4) is 5.88 Å². The molecular weight excluding hydrogens is 340 g/mol. The molecule has 4 rings (SSSR count). The predicted molar refractivity (Wildman–Crippen MR) is 106 cm³/mol. The highest BCUT2D eigenvalue weighted by Crippen LogP contribution is 2.32. The first-order valence-electron chi connectivity index (χ1n) is 9.30. The second-order valence-electron chi connectivity index (χ2n) is 6.86. The zero-order chi connectivity index (χ0) is 19.1. The third-order valence-corrected chi connectivity index (χ3v) is 4.87. The fourth-order valence-electron chi connectivity index (χ4n) is 3.47. The second-order valence-corrected chi connectivity index (χ2v) is 6.86. The van der Waals surface area contributed by atoms with Crippen molar-refractivity contribution in [2.45, 2.75) is 44.6 Å². The fraction of sp³-hybridized carbons (Fsp3) is 0.381. The molecule has 1 amide bonds. The highest BCUT2D eigenvalue weighted by atomic mass is 16.5. The lowest BCUT2D eigenvalue weighted by Gasteiger charge is -2.27. The van der Waals surface area contributed by atoms with E-state index < -0.39 is 0 Å². The lowest BCUT2D eigenvalue weighted by molar-refractivity contribution is -0.110. The van der Waals surface area contributed by atoms with Crippen molar-refractivity contribution in [2.75, 3.05) is 7.11 Å². The standard InChI is InChI=1S/C14H17N3O.C7H9NO/c18-9-15-11-5-3-4-10(8-11)14-16-12-6-1-2-7-13(12)17-14;1-6-3-4-8-7(5-6)9-2/h1-2,6-7,9-11H,3-5,8H2,(H,15,18)(H,16,17);3-5H,1-2H3. The average Bonchev–Trinajstić information content (AvgIpc) is 3.13. The molecule has 2 N–H and O–H groups in total. The monoisotopic (exact) mass is 366 g/mol. The SMILES string of the molecule is COc1cc(C)ccn1.O=CNC1CCCC(c2nc3ccccc3[nH]2)C1. The van der Waals surface area contributed by atoms with Gasteiger partial charge in [-0.2, -0.15) is 0 Å². The van der Waals surface area contributed by atoms with Crippen molar-refractivity contribution in [1.29, 1.82) is 0 Å². The fourth-order valence-corrected chi connectivity index (χ4v) is 3.47. The Morgan fingerprint density at radius 1 is 1.26 bits per heavy atom. The normalized spacial score (nSPS) is 19.0. The number of fused-ring (bicyclic) bond motifs is 1. The summed E-state index contributed by atoms with van der Waals surface area (Å²) in [6.45, 7) is 2.00. The van der Waals surface area contributed by atoms with E-state index in [4.69, 9.17) is 4.74 Å². The molecule has 2 atom stereocenters. The largest absolute Gasteiger partial charge is 0.481 e. The first-order chi connectivity index (χ1) is 13.2. The molecule has 2 aromatic heterocycles. The van der Waals surface area contributed by atoms with E-state index in [-0.39, 0.29) is 0 Å². The summed E-state index contributed by atoms with van der Waals surface area (Å²) in [7, 11) is 1.61. The number of ether oxygens (including phenoxy) is 1. The number of nitrogens with one attached hydrogen (secondary N) is 2. The lowest BCUT2D eigenvalue weighted by Crippen LogP contribution is -2.32. The number of hydrogen-bond acceptors (Lipinski definition) is 4. The number of H-pyrrole nitrogens is 1. The maximum atomic E-state index is 10.5. The van der Waals surface area contributed by atoms with E-state index in [1.807, 2.05) is 37.3 Å². The molecule has 1 aliphatic rings. The summed E-state index contributed by atoms with van der Waals surface area (Å²) in [5, 5.41) is 2.90. The third kappa shape index (κ3) is 5.06. The Morgan fingerprint density at radius 3 is 2.81 bits per heavy atom. The Hall–Kier alpha value is -2.89. The van der Waals surface area contributed by atoms with Gasteiger partial charge in [0.2, 0.25) is 12.3 Å². The van der Waals surface area contributed by atoms with Crippen LogP contribution in [0.5, 0.6) is 5.88 Å². The number of methoxy groups -OCH3 is 1. The summed E-state index contributed by atoms with van der Waals surface area (Å²) < 4.78 is 4.88. The minimum absolute atomic E-state index is 0.300. The van der Waals surface area contributed by atoms with Crippen molar-refractivity contribution in [3.05, 3.63) is 54.0 Å². The zero-order valence-corrected chi connectivity index (χ0v) is 15.8. The molecule has 3 aromatic rings. The number of aromatic nitrogens is 3. The molecule has 2 heterocycles. The van der Waals surface area contributed by atoms with Gasteiger partial charge in [0.1, 0.15) is 5.82 Å². The van der Waals surface area contributed by atoms with Gasteiger partial charge in [-0.05, 0) is 49.9 Å². The highest BCUT2D eigenvalue weighted by molar-refractivity contribution is 5.74. The van der Waals surface area contributed by atoms with E-state index in [1.165, 1.54) is 5.56 Å².